The molecule has 0 fully saturated rings. The monoisotopic (exact) mass is 458 g/mol. The molecular weight excluding hydrogens is 400 g/mol. The molecule has 0 heterocycles. The fourth-order valence-corrected chi connectivity index (χ4v) is 5.36. The van der Waals surface area contributed by atoms with E-state index in [1.807, 2.05) is 0 Å². The Labute approximate surface area is 198 Å². The van der Waals surface area contributed by atoms with Gasteiger partial charge in [0.05, 0.1) is 0 Å². The Kier molecular flexibility index (Phi) is 26.4. The first-order valence-electron chi connectivity index (χ1n) is 14.0. The van der Waals surface area contributed by atoms with Crippen LogP contribution >= 0.6 is 0 Å². The Morgan fingerprint density at radius 2 is 0.742 bits per heavy atom. The van der Waals surface area contributed by atoms with Crippen LogP contribution in [0, 0.1) is 0 Å². The second kappa shape index (κ2) is 26.4. The molecule has 0 N–H and O–H groups in total. The van der Waals surface area contributed by atoms with Gasteiger partial charge in [0.1, 0.15) is 0 Å². The summed E-state index contributed by atoms with van der Waals surface area (Å²) in [7, 11) is 1.52. The van der Waals surface area contributed by atoms with E-state index in [0.717, 1.165) is 0 Å². The predicted molar refractivity (Wildman–Crippen MR) is 139 cm³/mol. The topological polar surface area (TPSA) is 27.7 Å². The Hall–Kier alpha value is 0.0969. The first-order valence-corrected chi connectivity index (χ1v) is 15.4. The summed E-state index contributed by atoms with van der Waals surface area (Å²) in [6, 6.07) is 0. The van der Waals surface area contributed by atoms with Crippen molar-refractivity contribution in [3.8, 4) is 0 Å². The van der Waals surface area contributed by atoms with Crippen molar-refractivity contribution in [3.05, 3.63) is 0 Å². The standard InChI is InChI=1S/C27H58O3Si/c1-5-7-9-11-13-15-17-19-21-23-25-27(30-31(28-3)29-4)26-24-22-20-18-16-14-12-10-8-6-2/h27,31H,5-26H2,1-4H3. The van der Waals surface area contributed by atoms with Crippen molar-refractivity contribution in [3.63, 3.8) is 0 Å². The van der Waals surface area contributed by atoms with Crippen molar-refractivity contribution in [2.45, 2.75) is 161 Å². The molecule has 0 aliphatic rings. The van der Waals surface area contributed by atoms with Gasteiger partial charge in [0, 0.05) is 20.3 Å². The van der Waals surface area contributed by atoms with Crippen molar-refractivity contribution >= 4 is 9.53 Å². The predicted octanol–water partition coefficient (Wildman–Crippen LogP) is 9.00. The lowest BCUT2D eigenvalue weighted by molar-refractivity contribution is 0.0735. The molecule has 0 aromatic rings. The van der Waals surface area contributed by atoms with Crippen LogP contribution in [0.4, 0.5) is 0 Å². The number of hydrogen-bond donors (Lipinski definition) is 0. The number of rotatable bonds is 26. The van der Waals surface area contributed by atoms with E-state index in [0.29, 0.717) is 6.10 Å². The molecule has 3 nitrogen and oxygen atoms in total. The molecule has 0 aliphatic heterocycles. The van der Waals surface area contributed by atoms with Crippen LogP contribution in [0.2, 0.25) is 0 Å². The largest absolute Gasteiger partial charge is 0.483 e. The molecule has 4 heteroatoms. The summed E-state index contributed by atoms with van der Waals surface area (Å²) in [5.41, 5.74) is 0. The van der Waals surface area contributed by atoms with E-state index in [9.17, 15) is 0 Å². The highest BCUT2D eigenvalue weighted by atomic mass is 28.3. The van der Waals surface area contributed by atoms with Gasteiger partial charge in [-0.05, 0) is 12.8 Å². The Morgan fingerprint density at radius 1 is 0.452 bits per heavy atom. The molecule has 0 unspecified atom stereocenters. The molecular formula is C27H58O3Si. The molecule has 0 aromatic heterocycles. The lowest BCUT2D eigenvalue weighted by atomic mass is 10.0. The van der Waals surface area contributed by atoms with Gasteiger partial charge in [-0.25, -0.2) is 0 Å². The quantitative estimate of drug-likeness (QED) is 0.0955. The maximum Gasteiger partial charge on any atom is 0.483 e. The molecule has 0 aliphatic carbocycles. The van der Waals surface area contributed by atoms with Crippen LogP contribution in [0.5, 0.6) is 0 Å². The third-order valence-electron chi connectivity index (χ3n) is 6.45. The average molecular weight is 459 g/mol. The van der Waals surface area contributed by atoms with Gasteiger partial charge < -0.3 is 13.3 Å². The lowest BCUT2D eigenvalue weighted by Crippen LogP contribution is -2.30. The van der Waals surface area contributed by atoms with Crippen LogP contribution in [0.1, 0.15) is 155 Å². The highest BCUT2D eigenvalue weighted by Crippen LogP contribution is 2.18. The van der Waals surface area contributed by atoms with Crippen LogP contribution in [0.3, 0.4) is 0 Å². The fourth-order valence-electron chi connectivity index (χ4n) is 4.36. The highest BCUT2D eigenvalue weighted by molar-refractivity contribution is 6.36. The van der Waals surface area contributed by atoms with Gasteiger partial charge in [0.2, 0.25) is 0 Å². The van der Waals surface area contributed by atoms with Gasteiger partial charge in [0.25, 0.3) is 0 Å². The molecule has 0 bridgehead atoms. The fraction of sp³-hybridized carbons (Fsp3) is 1.00. The molecule has 0 radical (unpaired) electrons. The molecule has 0 spiro atoms. The van der Waals surface area contributed by atoms with Gasteiger partial charge in [0.15, 0.2) is 0 Å². The van der Waals surface area contributed by atoms with E-state index < -0.39 is 9.53 Å². The minimum Gasteiger partial charge on any atom is -0.379 e. The summed E-state index contributed by atoms with van der Waals surface area (Å²) >= 11 is 0. The van der Waals surface area contributed by atoms with Crippen molar-refractivity contribution in [1.82, 2.24) is 0 Å². The maximum absolute atomic E-state index is 6.21. The average Bonchev–Trinajstić information content (AvgIpc) is 2.79. The summed E-state index contributed by atoms with van der Waals surface area (Å²) < 4.78 is 17.1. The van der Waals surface area contributed by atoms with Crippen LogP contribution < -0.4 is 0 Å². The van der Waals surface area contributed by atoms with Gasteiger partial charge in [-0.1, -0.05) is 142 Å². The van der Waals surface area contributed by atoms with Crippen LogP contribution in [0.25, 0.3) is 0 Å². The van der Waals surface area contributed by atoms with E-state index in [1.54, 1.807) is 14.2 Å². The second-order valence-corrected chi connectivity index (χ2v) is 11.3. The van der Waals surface area contributed by atoms with Crippen molar-refractivity contribution in [2.75, 3.05) is 14.2 Å². The molecule has 188 valence electrons. The Bertz CT molecular complexity index is 300. The highest BCUT2D eigenvalue weighted by Gasteiger charge is 2.18. The zero-order valence-electron chi connectivity index (χ0n) is 21.9. The zero-order valence-corrected chi connectivity index (χ0v) is 23.1. The first kappa shape index (κ1) is 31.1. The van der Waals surface area contributed by atoms with Crippen LogP contribution in [0.15, 0.2) is 0 Å². The summed E-state index contributed by atoms with van der Waals surface area (Å²) in [5, 5.41) is 0. The normalized spacial score (nSPS) is 11.8. The summed E-state index contributed by atoms with van der Waals surface area (Å²) in [5.74, 6) is 0. The third-order valence-corrected chi connectivity index (χ3v) is 7.82. The van der Waals surface area contributed by atoms with Crippen LogP contribution in [-0.2, 0) is 13.3 Å². The number of unbranched alkanes of at least 4 members (excludes halogenated alkanes) is 18. The number of hydrogen-bond acceptors (Lipinski definition) is 3. The molecule has 0 atom stereocenters. The lowest BCUT2D eigenvalue weighted by Gasteiger charge is -2.22. The maximum atomic E-state index is 6.21. The van der Waals surface area contributed by atoms with Gasteiger partial charge in [-0.2, -0.15) is 0 Å². The summed E-state index contributed by atoms with van der Waals surface area (Å²) in [4.78, 5) is 0. The smallest absolute Gasteiger partial charge is 0.379 e. The minimum absolute atomic E-state index is 0.333. The van der Waals surface area contributed by atoms with Gasteiger partial charge in [-0.3, -0.25) is 0 Å². The van der Waals surface area contributed by atoms with Gasteiger partial charge >= 0.3 is 9.53 Å². The minimum atomic E-state index is -1.92. The third kappa shape index (κ3) is 23.1. The van der Waals surface area contributed by atoms with Crippen molar-refractivity contribution in [1.29, 1.82) is 0 Å². The van der Waals surface area contributed by atoms with E-state index in [2.05, 4.69) is 13.8 Å². The molecule has 0 amide bonds. The zero-order chi connectivity index (χ0) is 22.8. The van der Waals surface area contributed by atoms with Gasteiger partial charge in [-0.15, -0.1) is 0 Å². The van der Waals surface area contributed by atoms with E-state index in [4.69, 9.17) is 13.3 Å². The molecule has 0 rings (SSSR count). The van der Waals surface area contributed by atoms with Crippen molar-refractivity contribution < 1.29 is 13.3 Å². The Morgan fingerprint density at radius 3 is 1.03 bits per heavy atom. The van der Waals surface area contributed by atoms with E-state index in [-0.39, 0.29) is 0 Å². The second-order valence-electron chi connectivity index (χ2n) is 9.46. The van der Waals surface area contributed by atoms with Crippen LogP contribution in [-0.4, -0.2) is 29.9 Å². The SMILES string of the molecule is CCCCCCCCCCCCC(CCCCCCCCCCCC)O[SiH](OC)OC. The molecule has 0 saturated carbocycles. The van der Waals surface area contributed by atoms with E-state index in [1.165, 1.54) is 141 Å². The molecule has 0 saturated heterocycles. The Balaban J connectivity index is 3.78. The van der Waals surface area contributed by atoms with Crippen molar-refractivity contribution in [2.24, 2.45) is 0 Å². The molecule has 0 aromatic carbocycles. The summed E-state index contributed by atoms with van der Waals surface area (Å²) in [6.45, 7) is 4.58. The van der Waals surface area contributed by atoms with E-state index >= 15 is 0 Å². The summed E-state index contributed by atoms with van der Waals surface area (Å²) in [6.07, 6.45) is 30.5. The molecule has 31 heavy (non-hydrogen) atoms. The first-order chi connectivity index (χ1) is 15.3.